The molecule has 0 aliphatic carbocycles. The van der Waals surface area contributed by atoms with Gasteiger partial charge in [0.05, 0.1) is 6.61 Å². The first-order valence-electron chi connectivity index (χ1n) is 6.47. The number of hydrogen-bond acceptors (Lipinski definition) is 3. The molecule has 3 heteroatoms. The smallest absolute Gasteiger partial charge is 0.231 e. The van der Waals surface area contributed by atoms with Gasteiger partial charge in [-0.2, -0.15) is 0 Å². The number of epoxide rings is 1. The Morgan fingerprint density at radius 1 is 1.00 bits per heavy atom. The Morgan fingerprint density at radius 2 is 1.79 bits per heavy atom. The van der Waals surface area contributed by atoms with Crippen molar-refractivity contribution in [3.63, 3.8) is 0 Å². The fraction of sp³-hybridized carbons (Fsp3) is 0.250. The van der Waals surface area contributed by atoms with E-state index in [-0.39, 0.29) is 12.4 Å². The molecule has 3 nitrogen and oxygen atoms in total. The molecular formula is C16H16O3. The summed E-state index contributed by atoms with van der Waals surface area (Å²) < 4.78 is 16.8. The van der Waals surface area contributed by atoms with Crippen LogP contribution in [0.1, 0.15) is 18.6 Å². The number of hydrogen-bond donors (Lipinski definition) is 0. The minimum atomic E-state index is -0.195. The summed E-state index contributed by atoms with van der Waals surface area (Å²) in [6, 6.07) is 17.7. The largest absolute Gasteiger partial charge is 0.494 e. The van der Waals surface area contributed by atoms with Crippen LogP contribution in [-0.2, 0) is 4.74 Å². The van der Waals surface area contributed by atoms with Gasteiger partial charge >= 0.3 is 0 Å². The monoisotopic (exact) mass is 256 g/mol. The van der Waals surface area contributed by atoms with Crippen molar-refractivity contribution in [3.8, 4) is 11.5 Å². The highest BCUT2D eigenvalue weighted by atomic mass is 16.8. The van der Waals surface area contributed by atoms with Crippen LogP contribution in [0.5, 0.6) is 11.5 Å². The zero-order valence-corrected chi connectivity index (χ0v) is 10.8. The molecule has 3 rings (SSSR count). The van der Waals surface area contributed by atoms with Crippen molar-refractivity contribution in [2.45, 2.75) is 19.3 Å². The second-order valence-electron chi connectivity index (χ2n) is 4.36. The lowest BCUT2D eigenvalue weighted by Crippen LogP contribution is -2.00. The quantitative estimate of drug-likeness (QED) is 0.766. The minimum Gasteiger partial charge on any atom is -0.494 e. The van der Waals surface area contributed by atoms with E-state index in [0.29, 0.717) is 6.61 Å². The van der Waals surface area contributed by atoms with E-state index in [0.717, 1.165) is 17.1 Å². The zero-order valence-electron chi connectivity index (χ0n) is 10.8. The summed E-state index contributed by atoms with van der Waals surface area (Å²) in [5, 5.41) is 0. The van der Waals surface area contributed by atoms with Gasteiger partial charge in [-0.1, -0.05) is 36.4 Å². The lowest BCUT2D eigenvalue weighted by Gasteiger charge is -2.06. The Balaban J connectivity index is 1.63. The van der Waals surface area contributed by atoms with Crippen LogP contribution in [0.25, 0.3) is 0 Å². The van der Waals surface area contributed by atoms with E-state index in [1.54, 1.807) is 0 Å². The summed E-state index contributed by atoms with van der Waals surface area (Å²) in [6.45, 7) is 2.61. The van der Waals surface area contributed by atoms with Gasteiger partial charge in [-0.05, 0) is 24.6 Å². The summed E-state index contributed by atoms with van der Waals surface area (Å²) in [6.07, 6.45) is -0.156. The Kier molecular flexibility index (Phi) is 3.38. The van der Waals surface area contributed by atoms with Gasteiger partial charge in [-0.3, -0.25) is 0 Å². The molecule has 0 bridgehead atoms. The fourth-order valence-electron chi connectivity index (χ4n) is 2.01. The molecule has 0 aromatic heterocycles. The maximum Gasteiger partial charge on any atom is 0.231 e. The van der Waals surface area contributed by atoms with E-state index >= 15 is 0 Å². The van der Waals surface area contributed by atoms with Crippen molar-refractivity contribution in [2.24, 2.45) is 0 Å². The Bertz CT molecular complexity index is 539. The molecule has 1 heterocycles. The topological polar surface area (TPSA) is 31.0 Å². The maximum atomic E-state index is 5.78. The first-order valence-corrected chi connectivity index (χ1v) is 6.47. The summed E-state index contributed by atoms with van der Waals surface area (Å²) in [5.74, 6) is 1.59. The van der Waals surface area contributed by atoms with E-state index in [1.165, 1.54) is 0 Å². The van der Waals surface area contributed by atoms with Crippen molar-refractivity contribution in [3.05, 3.63) is 60.2 Å². The van der Waals surface area contributed by atoms with Gasteiger partial charge in [0.25, 0.3) is 0 Å². The number of rotatable bonds is 5. The van der Waals surface area contributed by atoms with Crippen molar-refractivity contribution >= 4 is 0 Å². The lowest BCUT2D eigenvalue weighted by molar-refractivity contribution is 0.178. The van der Waals surface area contributed by atoms with Crippen LogP contribution in [0.3, 0.4) is 0 Å². The molecule has 0 radical (unpaired) electrons. The van der Waals surface area contributed by atoms with Crippen molar-refractivity contribution in [1.82, 2.24) is 0 Å². The molecule has 2 unspecified atom stereocenters. The van der Waals surface area contributed by atoms with E-state index in [4.69, 9.17) is 14.2 Å². The molecule has 1 saturated heterocycles. The van der Waals surface area contributed by atoms with E-state index < -0.39 is 0 Å². The van der Waals surface area contributed by atoms with E-state index in [9.17, 15) is 0 Å². The first kappa shape index (κ1) is 12.1. The molecule has 19 heavy (non-hydrogen) atoms. The standard InChI is InChI=1S/C16H16O3/c1-2-17-13-9-6-10-14(11-13)18-16-15(19-16)12-7-4-3-5-8-12/h3-11,15-16H,2H2,1H3. The molecule has 1 aliphatic heterocycles. The average molecular weight is 256 g/mol. The van der Waals surface area contributed by atoms with E-state index in [2.05, 4.69) is 0 Å². The molecule has 0 saturated carbocycles. The molecule has 2 atom stereocenters. The maximum absolute atomic E-state index is 5.78. The van der Waals surface area contributed by atoms with Crippen LogP contribution < -0.4 is 9.47 Å². The molecule has 1 aliphatic rings. The fourth-order valence-corrected chi connectivity index (χ4v) is 2.01. The lowest BCUT2D eigenvalue weighted by atomic mass is 10.2. The van der Waals surface area contributed by atoms with Crippen LogP contribution in [0.4, 0.5) is 0 Å². The molecule has 0 spiro atoms. The second-order valence-corrected chi connectivity index (χ2v) is 4.36. The van der Waals surface area contributed by atoms with Gasteiger partial charge in [0.1, 0.15) is 17.6 Å². The summed E-state index contributed by atoms with van der Waals surface area (Å²) >= 11 is 0. The summed E-state index contributed by atoms with van der Waals surface area (Å²) in [4.78, 5) is 0. The molecule has 2 aromatic rings. The summed E-state index contributed by atoms with van der Waals surface area (Å²) in [7, 11) is 0. The Morgan fingerprint density at radius 3 is 2.58 bits per heavy atom. The first-order chi connectivity index (χ1) is 9.36. The molecule has 98 valence electrons. The van der Waals surface area contributed by atoms with Crippen LogP contribution >= 0.6 is 0 Å². The van der Waals surface area contributed by atoms with E-state index in [1.807, 2.05) is 61.5 Å². The Hall–Kier alpha value is -2.00. The van der Waals surface area contributed by atoms with Gasteiger partial charge in [0.2, 0.25) is 6.29 Å². The third-order valence-corrected chi connectivity index (χ3v) is 2.95. The van der Waals surface area contributed by atoms with Gasteiger partial charge in [-0.25, -0.2) is 0 Å². The predicted octanol–water partition coefficient (Wildman–Crippen LogP) is 3.56. The predicted molar refractivity (Wildman–Crippen MR) is 72.3 cm³/mol. The van der Waals surface area contributed by atoms with Gasteiger partial charge < -0.3 is 14.2 Å². The molecule has 1 fully saturated rings. The molecule has 2 aromatic carbocycles. The number of ether oxygens (including phenoxy) is 3. The van der Waals surface area contributed by atoms with Crippen LogP contribution in [0.15, 0.2) is 54.6 Å². The van der Waals surface area contributed by atoms with Gasteiger partial charge in [-0.15, -0.1) is 0 Å². The summed E-state index contributed by atoms with van der Waals surface area (Å²) in [5.41, 5.74) is 1.15. The van der Waals surface area contributed by atoms with Gasteiger partial charge in [0.15, 0.2) is 0 Å². The zero-order chi connectivity index (χ0) is 13.1. The van der Waals surface area contributed by atoms with Crippen LogP contribution in [0.2, 0.25) is 0 Å². The molecule has 0 amide bonds. The highest BCUT2D eigenvalue weighted by molar-refractivity contribution is 5.33. The molecular weight excluding hydrogens is 240 g/mol. The van der Waals surface area contributed by atoms with Crippen molar-refractivity contribution in [2.75, 3.05) is 6.61 Å². The Labute approximate surface area is 112 Å². The minimum absolute atomic E-state index is 0.0388. The third kappa shape index (κ3) is 2.88. The highest BCUT2D eigenvalue weighted by Gasteiger charge is 2.42. The molecule has 0 N–H and O–H groups in total. The second kappa shape index (κ2) is 5.33. The van der Waals surface area contributed by atoms with Crippen LogP contribution in [-0.4, -0.2) is 12.9 Å². The highest BCUT2D eigenvalue weighted by Crippen LogP contribution is 2.40. The van der Waals surface area contributed by atoms with Crippen LogP contribution in [0, 0.1) is 0 Å². The number of benzene rings is 2. The van der Waals surface area contributed by atoms with Gasteiger partial charge in [0, 0.05) is 6.07 Å². The normalized spacial score (nSPS) is 20.9. The third-order valence-electron chi connectivity index (χ3n) is 2.95. The van der Waals surface area contributed by atoms with Crippen molar-refractivity contribution in [1.29, 1.82) is 0 Å². The average Bonchev–Trinajstić information content (AvgIpc) is 3.20. The van der Waals surface area contributed by atoms with Crippen molar-refractivity contribution < 1.29 is 14.2 Å². The SMILES string of the molecule is CCOc1cccc(OC2OC2c2ccccc2)c1.